The Balaban J connectivity index is 2.23. The molecule has 15 heavy (non-hydrogen) atoms. The lowest BCUT2D eigenvalue weighted by molar-refractivity contribution is -0.117. The van der Waals surface area contributed by atoms with Crippen molar-refractivity contribution in [2.75, 3.05) is 11.4 Å². The molecule has 0 saturated carbocycles. The number of anilines is 1. The maximum Gasteiger partial charge on any atom is 0.347 e. The molecule has 0 radical (unpaired) electrons. The fourth-order valence-electron chi connectivity index (χ4n) is 1.34. The average Bonchev–Trinajstić information content (AvgIpc) is 2.71. The standard InChI is InChI=1S/C8H7BrN2O3S/c9-4-1-6(12)11(3-4)8-10-2-5(15-8)7(13)14/h2,4H,1,3H2,(H,13,14). The summed E-state index contributed by atoms with van der Waals surface area (Å²) >= 11 is 4.37. The zero-order valence-electron chi connectivity index (χ0n) is 7.51. The van der Waals surface area contributed by atoms with E-state index in [1.165, 1.54) is 11.1 Å². The molecule has 1 aliphatic heterocycles. The molecule has 0 aliphatic carbocycles. The highest BCUT2D eigenvalue weighted by atomic mass is 79.9. The van der Waals surface area contributed by atoms with Gasteiger partial charge in [-0.3, -0.25) is 9.69 Å². The molecule has 1 saturated heterocycles. The topological polar surface area (TPSA) is 70.5 Å². The maximum absolute atomic E-state index is 11.5. The summed E-state index contributed by atoms with van der Waals surface area (Å²) in [6, 6.07) is 0. The maximum atomic E-state index is 11.5. The Morgan fingerprint density at radius 1 is 1.73 bits per heavy atom. The zero-order valence-corrected chi connectivity index (χ0v) is 9.92. The second kappa shape index (κ2) is 3.90. The molecular weight excluding hydrogens is 284 g/mol. The smallest absolute Gasteiger partial charge is 0.347 e. The van der Waals surface area contributed by atoms with Crippen LogP contribution >= 0.6 is 27.3 Å². The molecule has 0 spiro atoms. The summed E-state index contributed by atoms with van der Waals surface area (Å²) in [7, 11) is 0. The van der Waals surface area contributed by atoms with Crippen LogP contribution in [-0.4, -0.2) is 33.3 Å². The monoisotopic (exact) mass is 290 g/mol. The molecule has 1 aromatic heterocycles. The highest BCUT2D eigenvalue weighted by Gasteiger charge is 2.30. The van der Waals surface area contributed by atoms with Crippen LogP contribution in [0.4, 0.5) is 5.13 Å². The molecule has 1 atom stereocenters. The minimum absolute atomic E-state index is 0.0248. The number of aromatic nitrogens is 1. The van der Waals surface area contributed by atoms with Crippen molar-refractivity contribution in [2.45, 2.75) is 11.2 Å². The summed E-state index contributed by atoms with van der Waals surface area (Å²) < 4.78 is 0. The number of amides is 1. The Morgan fingerprint density at radius 3 is 2.93 bits per heavy atom. The van der Waals surface area contributed by atoms with Gasteiger partial charge < -0.3 is 5.11 Å². The number of aromatic carboxylic acids is 1. The lowest BCUT2D eigenvalue weighted by Crippen LogP contribution is -2.24. The number of alkyl halides is 1. The van der Waals surface area contributed by atoms with Crippen LogP contribution in [0.15, 0.2) is 6.20 Å². The van der Waals surface area contributed by atoms with E-state index >= 15 is 0 Å². The molecule has 1 fully saturated rings. The molecule has 1 amide bonds. The van der Waals surface area contributed by atoms with Crippen LogP contribution in [0, 0.1) is 0 Å². The van der Waals surface area contributed by atoms with Crippen molar-refractivity contribution in [1.82, 2.24) is 4.98 Å². The van der Waals surface area contributed by atoms with Gasteiger partial charge in [0.05, 0.1) is 6.20 Å². The lowest BCUT2D eigenvalue weighted by Gasteiger charge is -2.10. The largest absolute Gasteiger partial charge is 0.477 e. The second-order valence-electron chi connectivity index (χ2n) is 3.12. The molecule has 2 rings (SSSR count). The van der Waals surface area contributed by atoms with Gasteiger partial charge in [-0.25, -0.2) is 9.78 Å². The van der Waals surface area contributed by atoms with Crippen molar-refractivity contribution in [1.29, 1.82) is 0 Å². The lowest BCUT2D eigenvalue weighted by atomic mass is 10.4. The zero-order chi connectivity index (χ0) is 11.0. The van der Waals surface area contributed by atoms with E-state index in [0.29, 0.717) is 18.1 Å². The van der Waals surface area contributed by atoms with E-state index in [1.807, 2.05) is 0 Å². The molecule has 5 nitrogen and oxygen atoms in total. The van der Waals surface area contributed by atoms with Crippen LogP contribution in [0.2, 0.25) is 0 Å². The van der Waals surface area contributed by atoms with Crippen molar-refractivity contribution >= 4 is 44.3 Å². The van der Waals surface area contributed by atoms with Gasteiger partial charge in [-0.2, -0.15) is 0 Å². The van der Waals surface area contributed by atoms with Crippen molar-refractivity contribution in [3.63, 3.8) is 0 Å². The van der Waals surface area contributed by atoms with Crippen LogP contribution in [-0.2, 0) is 4.79 Å². The number of hydrogen-bond donors (Lipinski definition) is 1. The van der Waals surface area contributed by atoms with Crippen LogP contribution in [0.5, 0.6) is 0 Å². The summed E-state index contributed by atoms with van der Waals surface area (Å²) in [5, 5.41) is 9.17. The van der Waals surface area contributed by atoms with Crippen molar-refractivity contribution in [2.24, 2.45) is 0 Å². The van der Waals surface area contributed by atoms with Gasteiger partial charge in [0.15, 0.2) is 5.13 Å². The Morgan fingerprint density at radius 2 is 2.47 bits per heavy atom. The number of carboxylic acids is 1. The van der Waals surface area contributed by atoms with Gasteiger partial charge in [-0.1, -0.05) is 27.3 Å². The minimum Gasteiger partial charge on any atom is -0.477 e. The fraction of sp³-hybridized carbons (Fsp3) is 0.375. The third kappa shape index (κ3) is 2.03. The van der Waals surface area contributed by atoms with Crippen molar-refractivity contribution in [3.8, 4) is 0 Å². The summed E-state index contributed by atoms with van der Waals surface area (Å²) in [6.07, 6.45) is 1.71. The first-order valence-corrected chi connectivity index (χ1v) is 5.94. The number of carbonyl (C=O) groups is 2. The van der Waals surface area contributed by atoms with Gasteiger partial charge in [0.2, 0.25) is 5.91 Å². The molecule has 1 N–H and O–H groups in total. The quantitative estimate of drug-likeness (QED) is 0.835. The van der Waals surface area contributed by atoms with Crippen LogP contribution in [0.3, 0.4) is 0 Å². The number of hydrogen-bond acceptors (Lipinski definition) is 4. The summed E-state index contributed by atoms with van der Waals surface area (Å²) in [5.41, 5.74) is 0. The van der Waals surface area contributed by atoms with Gasteiger partial charge >= 0.3 is 5.97 Å². The van der Waals surface area contributed by atoms with E-state index in [-0.39, 0.29) is 15.6 Å². The van der Waals surface area contributed by atoms with Gasteiger partial charge in [0, 0.05) is 17.8 Å². The van der Waals surface area contributed by atoms with E-state index in [1.54, 1.807) is 0 Å². The summed E-state index contributed by atoms with van der Waals surface area (Å²) in [5.74, 6) is -1.04. The Hall–Kier alpha value is -0.950. The first-order valence-electron chi connectivity index (χ1n) is 4.21. The molecule has 1 aliphatic rings. The number of carbonyl (C=O) groups excluding carboxylic acids is 1. The number of halogens is 1. The number of rotatable bonds is 2. The SMILES string of the molecule is O=C(O)c1cnc(N2CC(Br)CC2=O)s1. The number of thiazole rings is 1. The average molecular weight is 291 g/mol. The first kappa shape index (κ1) is 10.6. The number of carboxylic acid groups (broad SMARTS) is 1. The third-order valence-corrected chi connectivity index (χ3v) is 3.63. The second-order valence-corrected chi connectivity index (χ2v) is 5.42. The molecule has 1 aromatic rings. The van der Waals surface area contributed by atoms with Crippen LogP contribution < -0.4 is 4.90 Å². The van der Waals surface area contributed by atoms with Crippen LogP contribution in [0.1, 0.15) is 16.1 Å². The van der Waals surface area contributed by atoms with E-state index < -0.39 is 5.97 Å². The molecule has 80 valence electrons. The fourth-order valence-corrected chi connectivity index (χ4v) is 2.69. The Kier molecular flexibility index (Phi) is 2.74. The van der Waals surface area contributed by atoms with Gasteiger partial charge in [-0.15, -0.1) is 0 Å². The van der Waals surface area contributed by atoms with Gasteiger partial charge in [0.25, 0.3) is 0 Å². The van der Waals surface area contributed by atoms with E-state index in [9.17, 15) is 9.59 Å². The predicted octanol–water partition coefficient (Wildman–Crippen LogP) is 1.34. The molecule has 1 unspecified atom stereocenters. The Labute approximate surface area is 97.9 Å². The van der Waals surface area contributed by atoms with Crippen molar-refractivity contribution < 1.29 is 14.7 Å². The third-order valence-electron chi connectivity index (χ3n) is 2.01. The van der Waals surface area contributed by atoms with E-state index in [2.05, 4.69) is 20.9 Å². The van der Waals surface area contributed by atoms with E-state index in [0.717, 1.165) is 11.3 Å². The van der Waals surface area contributed by atoms with Crippen molar-refractivity contribution in [3.05, 3.63) is 11.1 Å². The normalized spacial score (nSPS) is 21.0. The highest BCUT2D eigenvalue weighted by Crippen LogP contribution is 2.28. The molecule has 7 heteroatoms. The van der Waals surface area contributed by atoms with E-state index in [4.69, 9.17) is 5.11 Å². The molecular formula is C8H7BrN2O3S. The Bertz CT molecular complexity index is 420. The van der Waals surface area contributed by atoms with Gasteiger partial charge in [0.1, 0.15) is 4.88 Å². The van der Waals surface area contributed by atoms with Gasteiger partial charge in [-0.05, 0) is 0 Å². The summed E-state index contributed by atoms with van der Waals surface area (Å²) in [6.45, 7) is 0.547. The number of nitrogens with zero attached hydrogens (tertiary/aromatic N) is 2. The molecule has 0 bridgehead atoms. The highest BCUT2D eigenvalue weighted by molar-refractivity contribution is 9.09. The minimum atomic E-state index is -1.01. The van der Waals surface area contributed by atoms with Crippen LogP contribution in [0.25, 0.3) is 0 Å². The molecule has 2 heterocycles. The first-order chi connectivity index (χ1) is 7.08. The summed E-state index contributed by atoms with van der Waals surface area (Å²) in [4.78, 5) is 27.8. The predicted molar refractivity (Wildman–Crippen MR) is 58.8 cm³/mol. The molecule has 0 aromatic carbocycles.